The van der Waals surface area contributed by atoms with Crippen molar-refractivity contribution < 1.29 is 19.2 Å². The molecule has 1 fully saturated rings. The lowest BCUT2D eigenvalue weighted by Crippen LogP contribution is -2.45. The summed E-state index contributed by atoms with van der Waals surface area (Å²) in [7, 11) is 3.21. The summed E-state index contributed by atoms with van der Waals surface area (Å²) in [5, 5.41) is 5.00. The van der Waals surface area contributed by atoms with Crippen LogP contribution in [0.2, 0.25) is 0 Å². The van der Waals surface area contributed by atoms with Gasteiger partial charge in [0.05, 0.1) is 6.54 Å². The van der Waals surface area contributed by atoms with Crippen LogP contribution in [0.25, 0.3) is 0 Å². The fraction of sp³-hybridized carbons (Fsp3) is 0.524. The zero-order valence-electron chi connectivity index (χ0n) is 16.7. The Kier molecular flexibility index (Phi) is 7.72. The molecular weight excluding hydrogens is 358 g/mol. The maximum absolute atomic E-state index is 12.4. The number of hydrogen-bond acceptors (Lipinski definition) is 4. The molecule has 2 unspecified atom stereocenters. The molecule has 0 bridgehead atoms. The van der Waals surface area contributed by atoms with Crippen molar-refractivity contribution in [2.45, 2.75) is 38.6 Å². The van der Waals surface area contributed by atoms with Crippen molar-refractivity contribution >= 4 is 23.5 Å². The van der Waals surface area contributed by atoms with E-state index in [1.165, 1.54) is 11.3 Å². The van der Waals surface area contributed by atoms with E-state index in [9.17, 15) is 19.2 Å². The normalized spacial score (nSPS) is 15.7. The molecule has 152 valence electrons. The maximum atomic E-state index is 12.4. The summed E-state index contributed by atoms with van der Waals surface area (Å²) >= 11 is 0. The third kappa shape index (κ3) is 5.90. The third-order valence-corrected chi connectivity index (χ3v) is 5.12. The van der Waals surface area contributed by atoms with Gasteiger partial charge < -0.3 is 15.5 Å². The molecule has 1 aromatic carbocycles. The van der Waals surface area contributed by atoms with E-state index in [2.05, 4.69) is 10.6 Å². The lowest BCUT2D eigenvalue weighted by atomic mass is 9.78. The number of Topliss-reactive ketones (excluding diaryl/α,β-unsaturated/α-hetero) is 1. The summed E-state index contributed by atoms with van der Waals surface area (Å²) in [5.41, 5.74) is 0.645. The molecule has 0 spiro atoms. The Labute approximate surface area is 165 Å². The van der Waals surface area contributed by atoms with Gasteiger partial charge in [0, 0.05) is 20.0 Å². The van der Waals surface area contributed by atoms with Crippen molar-refractivity contribution in [2.75, 3.05) is 20.6 Å². The fourth-order valence-corrected chi connectivity index (χ4v) is 3.21. The molecule has 0 radical (unpaired) electrons. The highest BCUT2D eigenvalue weighted by Crippen LogP contribution is 2.32. The summed E-state index contributed by atoms with van der Waals surface area (Å²) in [6, 6.07) is 8.02. The topological polar surface area (TPSA) is 95.6 Å². The van der Waals surface area contributed by atoms with Crippen LogP contribution in [0.1, 0.15) is 44.2 Å². The molecule has 7 nitrogen and oxygen atoms in total. The van der Waals surface area contributed by atoms with Crippen molar-refractivity contribution in [1.29, 1.82) is 0 Å². The molecule has 0 aliphatic heterocycles. The van der Waals surface area contributed by atoms with Gasteiger partial charge in [0.2, 0.25) is 17.6 Å². The second-order valence-electron chi connectivity index (χ2n) is 7.62. The lowest BCUT2D eigenvalue weighted by molar-refractivity contribution is -0.141. The Morgan fingerprint density at radius 1 is 1.11 bits per heavy atom. The summed E-state index contributed by atoms with van der Waals surface area (Å²) in [5.74, 6) is -1.88. The average molecular weight is 387 g/mol. The standard InChI is InChI=1S/C21H29N3O4/c1-14(12-15-8-7-9-15)19(26)20(27)22-13-17(25)23-18(21(28)24(2)3)16-10-5-4-6-11-16/h4-6,10-11,14-15,18H,7-9,12-13H2,1-3H3,(H,22,27)(H,23,25). The van der Waals surface area contributed by atoms with Crippen molar-refractivity contribution in [3.8, 4) is 0 Å². The van der Waals surface area contributed by atoms with E-state index >= 15 is 0 Å². The molecule has 1 aliphatic carbocycles. The smallest absolute Gasteiger partial charge is 0.288 e. The van der Waals surface area contributed by atoms with Crippen LogP contribution < -0.4 is 10.6 Å². The van der Waals surface area contributed by atoms with Crippen LogP contribution in [0.15, 0.2) is 30.3 Å². The number of rotatable bonds is 9. The Balaban J connectivity index is 1.88. The summed E-state index contributed by atoms with van der Waals surface area (Å²) < 4.78 is 0. The monoisotopic (exact) mass is 387 g/mol. The minimum atomic E-state index is -0.853. The van der Waals surface area contributed by atoms with E-state index in [1.54, 1.807) is 45.3 Å². The first-order chi connectivity index (χ1) is 13.3. The summed E-state index contributed by atoms with van der Waals surface area (Å²) in [6.45, 7) is 1.40. The van der Waals surface area contributed by atoms with Crippen LogP contribution in [0.4, 0.5) is 0 Å². The van der Waals surface area contributed by atoms with E-state index in [-0.39, 0.29) is 18.4 Å². The number of carbonyl (C=O) groups is 4. The minimum Gasteiger partial charge on any atom is -0.347 e. The van der Waals surface area contributed by atoms with Gasteiger partial charge in [-0.2, -0.15) is 0 Å². The van der Waals surface area contributed by atoms with Gasteiger partial charge in [-0.1, -0.05) is 56.5 Å². The highest BCUT2D eigenvalue weighted by atomic mass is 16.2. The van der Waals surface area contributed by atoms with Crippen LogP contribution in [-0.2, 0) is 19.2 Å². The molecule has 1 aliphatic rings. The number of likely N-dealkylation sites (N-methyl/N-ethyl adjacent to an activating group) is 1. The number of amides is 3. The molecule has 7 heteroatoms. The zero-order valence-corrected chi connectivity index (χ0v) is 16.7. The predicted molar refractivity (Wildman–Crippen MR) is 105 cm³/mol. The van der Waals surface area contributed by atoms with Gasteiger partial charge in [-0.3, -0.25) is 19.2 Å². The van der Waals surface area contributed by atoms with Crippen molar-refractivity contribution in [1.82, 2.24) is 15.5 Å². The van der Waals surface area contributed by atoms with Gasteiger partial charge in [-0.05, 0) is 17.9 Å². The van der Waals surface area contributed by atoms with Gasteiger partial charge in [0.25, 0.3) is 5.91 Å². The van der Waals surface area contributed by atoms with E-state index in [0.29, 0.717) is 17.9 Å². The van der Waals surface area contributed by atoms with Crippen molar-refractivity contribution in [2.24, 2.45) is 11.8 Å². The first-order valence-electron chi connectivity index (χ1n) is 9.67. The second-order valence-corrected chi connectivity index (χ2v) is 7.62. The number of benzene rings is 1. The lowest BCUT2D eigenvalue weighted by Gasteiger charge is -2.27. The van der Waals surface area contributed by atoms with E-state index in [1.807, 2.05) is 6.07 Å². The van der Waals surface area contributed by atoms with E-state index < -0.39 is 23.6 Å². The minimum absolute atomic E-state index is 0.281. The van der Waals surface area contributed by atoms with E-state index in [0.717, 1.165) is 12.8 Å². The molecule has 1 aromatic rings. The number of carbonyl (C=O) groups excluding carboxylic acids is 4. The summed E-state index contributed by atoms with van der Waals surface area (Å²) in [6.07, 6.45) is 4.13. The SMILES string of the molecule is CC(CC1CCC1)C(=O)C(=O)NCC(=O)NC(C(=O)N(C)C)c1ccccc1. The fourth-order valence-electron chi connectivity index (χ4n) is 3.21. The highest BCUT2D eigenvalue weighted by Gasteiger charge is 2.28. The molecular formula is C21H29N3O4. The van der Waals surface area contributed by atoms with Crippen LogP contribution in [0.3, 0.4) is 0 Å². The molecule has 28 heavy (non-hydrogen) atoms. The van der Waals surface area contributed by atoms with E-state index in [4.69, 9.17) is 0 Å². The predicted octanol–water partition coefficient (Wildman–Crippen LogP) is 1.44. The number of nitrogens with zero attached hydrogens (tertiary/aromatic N) is 1. The maximum Gasteiger partial charge on any atom is 0.288 e. The molecule has 1 saturated carbocycles. The molecule has 0 saturated heterocycles. The van der Waals surface area contributed by atoms with Crippen LogP contribution in [-0.4, -0.2) is 49.0 Å². The summed E-state index contributed by atoms with van der Waals surface area (Å²) in [4.78, 5) is 50.3. The number of ketones is 1. The Hall–Kier alpha value is -2.70. The first-order valence-corrected chi connectivity index (χ1v) is 9.67. The van der Waals surface area contributed by atoms with Crippen LogP contribution in [0, 0.1) is 11.8 Å². The van der Waals surface area contributed by atoms with Crippen LogP contribution in [0.5, 0.6) is 0 Å². The quantitative estimate of drug-likeness (QED) is 0.627. The van der Waals surface area contributed by atoms with Gasteiger partial charge in [-0.15, -0.1) is 0 Å². The van der Waals surface area contributed by atoms with Gasteiger partial charge in [0.1, 0.15) is 6.04 Å². The Morgan fingerprint density at radius 2 is 1.75 bits per heavy atom. The second kappa shape index (κ2) is 10.0. The zero-order chi connectivity index (χ0) is 20.7. The molecule has 0 heterocycles. The molecule has 2 rings (SSSR count). The Morgan fingerprint density at radius 3 is 2.29 bits per heavy atom. The molecule has 2 N–H and O–H groups in total. The largest absolute Gasteiger partial charge is 0.347 e. The van der Waals surface area contributed by atoms with Gasteiger partial charge in [0.15, 0.2) is 0 Å². The highest BCUT2D eigenvalue weighted by molar-refractivity contribution is 6.37. The average Bonchev–Trinajstić information content (AvgIpc) is 2.66. The van der Waals surface area contributed by atoms with Gasteiger partial charge in [-0.25, -0.2) is 0 Å². The Bertz CT molecular complexity index is 714. The molecule has 0 aromatic heterocycles. The third-order valence-electron chi connectivity index (χ3n) is 5.12. The molecule has 2 atom stereocenters. The van der Waals surface area contributed by atoms with Crippen LogP contribution >= 0.6 is 0 Å². The molecule has 3 amide bonds. The number of hydrogen-bond donors (Lipinski definition) is 2. The van der Waals surface area contributed by atoms with Gasteiger partial charge >= 0.3 is 0 Å². The number of nitrogens with one attached hydrogen (secondary N) is 2. The van der Waals surface area contributed by atoms with Crippen molar-refractivity contribution in [3.05, 3.63) is 35.9 Å². The van der Waals surface area contributed by atoms with Crippen molar-refractivity contribution in [3.63, 3.8) is 0 Å². The first kappa shape index (κ1) is 21.6.